The molecular weight excluding hydrogens is 276 g/mol. The smallest absolute Gasteiger partial charge is 0.243 e. The molecule has 1 rings (SSSR count). The van der Waals surface area contributed by atoms with Gasteiger partial charge in [0.15, 0.2) is 0 Å². The van der Waals surface area contributed by atoms with Gasteiger partial charge in [0, 0.05) is 25.7 Å². The second-order valence-corrected chi connectivity index (χ2v) is 6.69. The summed E-state index contributed by atoms with van der Waals surface area (Å²) in [4.78, 5) is 11.2. The fourth-order valence-electron chi connectivity index (χ4n) is 2.08. The lowest BCUT2D eigenvalue weighted by Gasteiger charge is -2.25. The molecule has 0 aliphatic carbocycles. The maximum atomic E-state index is 12.5. The fraction of sp³-hybridized carbons (Fsp3) is 0.500. The molecule has 0 atom stereocenters. The van der Waals surface area contributed by atoms with Crippen LogP contribution in [0.2, 0.25) is 0 Å². The lowest BCUT2D eigenvalue weighted by Crippen LogP contribution is -2.36. The zero-order chi connectivity index (χ0) is 15.3. The van der Waals surface area contributed by atoms with E-state index in [-0.39, 0.29) is 16.8 Å². The average Bonchev–Trinajstić information content (AvgIpc) is 2.40. The molecule has 1 amide bonds. The fourth-order valence-corrected chi connectivity index (χ4v) is 3.58. The molecule has 0 fully saturated rings. The zero-order valence-electron chi connectivity index (χ0n) is 12.4. The molecule has 0 heterocycles. The molecule has 0 spiro atoms. The SMILES string of the molecule is CCC(CC)N(C)S(=O)(=O)c1ccc(NC(C)=O)cc1. The first kappa shape index (κ1) is 16.7. The summed E-state index contributed by atoms with van der Waals surface area (Å²) in [5, 5.41) is 2.61. The second kappa shape index (κ2) is 6.85. The highest BCUT2D eigenvalue weighted by Crippen LogP contribution is 2.21. The van der Waals surface area contributed by atoms with Crippen molar-refractivity contribution in [2.24, 2.45) is 0 Å². The Bertz CT molecular complexity index is 548. The summed E-state index contributed by atoms with van der Waals surface area (Å²) < 4.78 is 26.3. The van der Waals surface area contributed by atoms with Crippen LogP contribution in [0.3, 0.4) is 0 Å². The number of nitrogens with zero attached hydrogens (tertiary/aromatic N) is 1. The number of carbonyl (C=O) groups excluding carboxylic acids is 1. The summed E-state index contributed by atoms with van der Waals surface area (Å²) in [6.45, 7) is 5.35. The summed E-state index contributed by atoms with van der Waals surface area (Å²) in [5.41, 5.74) is 0.585. The number of amides is 1. The van der Waals surface area contributed by atoms with E-state index >= 15 is 0 Å². The molecule has 1 N–H and O–H groups in total. The molecule has 1 aromatic rings. The van der Waals surface area contributed by atoms with Crippen LogP contribution in [0.25, 0.3) is 0 Å². The second-order valence-electron chi connectivity index (χ2n) is 4.70. The first-order chi connectivity index (χ1) is 9.32. The van der Waals surface area contributed by atoms with Crippen LogP contribution in [0.1, 0.15) is 33.6 Å². The number of benzene rings is 1. The van der Waals surface area contributed by atoms with Crippen LogP contribution in [0, 0.1) is 0 Å². The number of sulfonamides is 1. The van der Waals surface area contributed by atoms with Crippen molar-refractivity contribution < 1.29 is 13.2 Å². The van der Waals surface area contributed by atoms with Crippen molar-refractivity contribution in [2.75, 3.05) is 12.4 Å². The van der Waals surface area contributed by atoms with Crippen LogP contribution in [0.5, 0.6) is 0 Å². The molecule has 0 aromatic heterocycles. The third-order valence-electron chi connectivity index (χ3n) is 3.31. The minimum Gasteiger partial charge on any atom is -0.326 e. The van der Waals surface area contributed by atoms with Gasteiger partial charge in [0.05, 0.1) is 4.90 Å². The van der Waals surface area contributed by atoms with Crippen molar-refractivity contribution in [1.82, 2.24) is 4.31 Å². The third-order valence-corrected chi connectivity index (χ3v) is 5.23. The van der Waals surface area contributed by atoms with E-state index in [0.717, 1.165) is 12.8 Å². The monoisotopic (exact) mass is 298 g/mol. The van der Waals surface area contributed by atoms with Crippen LogP contribution < -0.4 is 5.32 Å². The van der Waals surface area contributed by atoms with Gasteiger partial charge in [-0.05, 0) is 37.1 Å². The Hall–Kier alpha value is -1.40. The van der Waals surface area contributed by atoms with Gasteiger partial charge in [-0.15, -0.1) is 0 Å². The van der Waals surface area contributed by atoms with Gasteiger partial charge < -0.3 is 5.32 Å². The Morgan fingerprint density at radius 3 is 2.10 bits per heavy atom. The first-order valence-electron chi connectivity index (χ1n) is 6.68. The van der Waals surface area contributed by atoms with Crippen LogP contribution in [0.4, 0.5) is 5.69 Å². The predicted molar refractivity (Wildman–Crippen MR) is 80.1 cm³/mol. The van der Waals surface area contributed by atoms with Crippen molar-refractivity contribution in [3.8, 4) is 0 Å². The van der Waals surface area contributed by atoms with Gasteiger partial charge in [-0.3, -0.25) is 4.79 Å². The largest absolute Gasteiger partial charge is 0.326 e. The minimum atomic E-state index is -3.49. The predicted octanol–water partition coefficient (Wildman–Crippen LogP) is 2.45. The number of nitrogens with one attached hydrogen (secondary N) is 1. The molecular formula is C14H22N2O3S. The van der Waals surface area contributed by atoms with E-state index in [0.29, 0.717) is 5.69 Å². The summed E-state index contributed by atoms with van der Waals surface area (Å²) in [6, 6.07) is 6.21. The molecule has 0 aliphatic rings. The van der Waals surface area contributed by atoms with Crippen molar-refractivity contribution >= 4 is 21.6 Å². The van der Waals surface area contributed by atoms with Crippen LogP contribution in [-0.2, 0) is 14.8 Å². The van der Waals surface area contributed by atoms with Crippen molar-refractivity contribution in [1.29, 1.82) is 0 Å². The standard InChI is InChI=1S/C14H22N2O3S/c1-5-13(6-2)16(4)20(18,19)14-9-7-12(8-10-14)15-11(3)17/h7-10,13H,5-6H2,1-4H3,(H,15,17). The molecule has 6 heteroatoms. The zero-order valence-corrected chi connectivity index (χ0v) is 13.2. The molecule has 0 aliphatic heterocycles. The Balaban J connectivity index is 3.01. The molecule has 20 heavy (non-hydrogen) atoms. The summed E-state index contributed by atoms with van der Waals surface area (Å²) in [5.74, 6) is -0.185. The van der Waals surface area contributed by atoms with Gasteiger partial charge in [0.2, 0.25) is 15.9 Å². The highest BCUT2D eigenvalue weighted by Gasteiger charge is 2.25. The molecule has 0 saturated carbocycles. The number of anilines is 1. The van der Waals surface area contributed by atoms with Gasteiger partial charge in [-0.1, -0.05) is 13.8 Å². The van der Waals surface area contributed by atoms with E-state index in [1.165, 1.54) is 23.4 Å². The highest BCUT2D eigenvalue weighted by atomic mass is 32.2. The van der Waals surface area contributed by atoms with Crippen molar-refractivity contribution in [2.45, 2.75) is 44.6 Å². The maximum Gasteiger partial charge on any atom is 0.243 e. The van der Waals surface area contributed by atoms with Gasteiger partial charge >= 0.3 is 0 Å². The van der Waals surface area contributed by atoms with E-state index in [4.69, 9.17) is 0 Å². The molecule has 1 aromatic carbocycles. The molecule has 0 radical (unpaired) electrons. The molecule has 0 saturated heterocycles. The van der Waals surface area contributed by atoms with Gasteiger partial charge in [-0.25, -0.2) is 8.42 Å². The maximum absolute atomic E-state index is 12.5. The van der Waals surface area contributed by atoms with Crippen LogP contribution in [-0.4, -0.2) is 31.7 Å². The lowest BCUT2D eigenvalue weighted by molar-refractivity contribution is -0.114. The summed E-state index contributed by atoms with van der Waals surface area (Å²) >= 11 is 0. The Morgan fingerprint density at radius 1 is 1.20 bits per heavy atom. The van der Waals surface area contributed by atoms with E-state index in [1.807, 2.05) is 13.8 Å². The molecule has 112 valence electrons. The van der Waals surface area contributed by atoms with Crippen molar-refractivity contribution in [3.63, 3.8) is 0 Å². The average molecular weight is 298 g/mol. The Kier molecular flexibility index (Phi) is 5.71. The van der Waals surface area contributed by atoms with E-state index in [1.54, 1.807) is 19.2 Å². The molecule has 0 unspecified atom stereocenters. The number of hydrogen-bond donors (Lipinski definition) is 1. The molecule has 5 nitrogen and oxygen atoms in total. The topological polar surface area (TPSA) is 66.5 Å². The van der Waals surface area contributed by atoms with E-state index in [2.05, 4.69) is 5.32 Å². The highest BCUT2D eigenvalue weighted by molar-refractivity contribution is 7.89. The van der Waals surface area contributed by atoms with Gasteiger partial charge in [0.1, 0.15) is 0 Å². The number of carbonyl (C=O) groups is 1. The minimum absolute atomic E-state index is 0.00461. The Labute approximate surface area is 121 Å². The first-order valence-corrected chi connectivity index (χ1v) is 8.12. The third kappa shape index (κ3) is 3.80. The lowest BCUT2D eigenvalue weighted by atomic mass is 10.2. The Morgan fingerprint density at radius 2 is 1.70 bits per heavy atom. The van der Waals surface area contributed by atoms with Crippen molar-refractivity contribution in [3.05, 3.63) is 24.3 Å². The van der Waals surface area contributed by atoms with E-state index in [9.17, 15) is 13.2 Å². The summed E-state index contributed by atoms with van der Waals surface area (Å²) in [7, 11) is -1.88. The summed E-state index contributed by atoms with van der Waals surface area (Å²) in [6.07, 6.45) is 1.55. The quantitative estimate of drug-likeness (QED) is 0.877. The number of rotatable bonds is 6. The van der Waals surface area contributed by atoms with E-state index < -0.39 is 10.0 Å². The van der Waals surface area contributed by atoms with Gasteiger partial charge in [0.25, 0.3) is 0 Å². The molecule has 0 bridgehead atoms. The van der Waals surface area contributed by atoms with Crippen LogP contribution >= 0.6 is 0 Å². The normalized spacial score (nSPS) is 11.9. The van der Waals surface area contributed by atoms with Gasteiger partial charge in [-0.2, -0.15) is 4.31 Å². The number of hydrogen-bond acceptors (Lipinski definition) is 3. The van der Waals surface area contributed by atoms with Crippen LogP contribution in [0.15, 0.2) is 29.2 Å².